The summed E-state index contributed by atoms with van der Waals surface area (Å²) >= 11 is 7.00. The standard InChI is InChI=1S/C29H37ClN6O4/c1-34-12-7-10-22(18-34)40-28-26(30)27(31-29(32-28)35-13-16-37-17-14-35)36-19-23(21-8-3-2-4-9-21)24(33-36)20-39-25-11-5-6-15-38-25/h2-4,8-9,19,22,25H,5-7,10-18,20H2,1H3. The number of rotatable bonds is 8. The third kappa shape index (κ3) is 6.42. The van der Waals surface area contributed by atoms with Crippen molar-refractivity contribution in [3.8, 4) is 22.8 Å². The van der Waals surface area contributed by atoms with E-state index in [0.717, 1.165) is 68.6 Å². The summed E-state index contributed by atoms with van der Waals surface area (Å²) < 4.78 is 25.7. The van der Waals surface area contributed by atoms with Gasteiger partial charge in [0.2, 0.25) is 11.8 Å². The number of halogens is 1. The summed E-state index contributed by atoms with van der Waals surface area (Å²) in [6, 6.07) is 10.2. The minimum atomic E-state index is -0.216. The number of ether oxygens (including phenoxy) is 4. The van der Waals surface area contributed by atoms with Gasteiger partial charge in [-0.2, -0.15) is 15.1 Å². The highest BCUT2D eigenvalue weighted by Crippen LogP contribution is 2.34. The van der Waals surface area contributed by atoms with E-state index in [0.29, 0.717) is 55.6 Å². The van der Waals surface area contributed by atoms with Gasteiger partial charge in [0.15, 0.2) is 12.1 Å². The summed E-state index contributed by atoms with van der Waals surface area (Å²) in [5.41, 5.74) is 2.78. The number of piperidine rings is 1. The van der Waals surface area contributed by atoms with E-state index in [1.807, 2.05) is 24.4 Å². The van der Waals surface area contributed by atoms with Crippen molar-refractivity contribution < 1.29 is 18.9 Å². The SMILES string of the molecule is CN1CCCC(Oc2nc(N3CCOCC3)nc(-n3cc(-c4ccccc4)c(COC4CCCCO4)n3)c2Cl)C1. The summed E-state index contributed by atoms with van der Waals surface area (Å²) in [5, 5.41) is 5.29. The first-order chi connectivity index (χ1) is 19.6. The molecule has 0 bridgehead atoms. The predicted octanol–water partition coefficient (Wildman–Crippen LogP) is 4.34. The van der Waals surface area contributed by atoms with Crippen LogP contribution in [0.2, 0.25) is 5.02 Å². The third-order valence-corrected chi connectivity index (χ3v) is 7.91. The second-order valence-electron chi connectivity index (χ2n) is 10.6. The van der Waals surface area contributed by atoms with Crippen molar-refractivity contribution in [1.82, 2.24) is 24.6 Å². The smallest absolute Gasteiger partial charge is 0.240 e. The predicted molar refractivity (Wildman–Crippen MR) is 152 cm³/mol. The maximum Gasteiger partial charge on any atom is 0.240 e. The van der Waals surface area contributed by atoms with Crippen LogP contribution < -0.4 is 9.64 Å². The minimum absolute atomic E-state index is 0.00787. The van der Waals surface area contributed by atoms with Crippen molar-refractivity contribution >= 4 is 17.5 Å². The molecule has 3 saturated heterocycles. The average molecular weight is 569 g/mol. The summed E-state index contributed by atoms with van der Waals surface area (Å²) in [7, 11) is 2.11. The number of hydrogen-bond donors (Lipinski definition) is 0. The first kappa shape index (κ1) is 27.4. The van der Waals surface area contributed by atoms with Gasteiger partial charge in [-0.3, -0.25) is 0 Å². The Morgan fingerprint density at radius 1 is 1.00 bits per heavy atom. The maximum atomic E-state index is 7.00. The molecule has 0 saturated carbocycles. The molecule has 10 nitrogen and oxygen atoms in total. The van der Waals surface area contributed by atoms with Gasteiger partial charge in [-0.1, -0.05) is 41.9 Å². The fourth-order valence-electron chi connectivity index (χ4n) is 5.41. The van der Waals surface area contributed by atoms with Crippen LogP contribution in [0.15, 0.2) is 36.5 Å². The molecule has 3 fully saturated rings. The molecule has 0 radical (unpaired) electrons. The fraction of sp³-hybridized carbons (Fsp3) is 0.552. The lowest BCUT2D eigenvalue weighted by Crippen LogP contribution is -2.39. The molecule has 2 aromatic heterocycles. The van der Waals surface area contributed by atoms with Gasteiger partial charge in [-0.15, -0.1) is 0 Å². The molecule has 1 aromatic carbocycles. The number of hydrogen-bond acceptors (Lipinski definition) is 9. The Bertz CT molecular complexity index is 1260. The monoisotopic (exact) mass is 568 g/mol. The molecule has 3 aliphatic heterocycles. The molecule has 0 aliphatic carbocycles. The Hall–Kier alpha value is -2.76. The number of nitrogens with zero attached hydrogens (tertiary/aromatic N) is 6. The first-order valence-electron chi connectivity index (χ1n) is 14.3. The zero-order valence-electron chi connectivity index (χ0n) is 23.0. The molecule has 5 heterocycles. The van der Waals surface area contributed by atoms with Crippen LogP contribution in [0.4, 0.5) is 5.95 Å². The summed E-state index contributed by atoms with van der Waals surface area (Å²) in [6.07, 6.45) is 6.84. The second kappa shape index (κ2) is 12.8. The second-order valence-corrected chi connectivity index (χ2v) is 11.0. The van der Waals surface area contributed by atoms with Gasteiger partial charge in [0.1, 0.15) is 11.1 Å². The molecule has 2 unspecified atom stereocenters. The molecule has 2 atom stereocenters. The molecule has 214 valence electrons. The number of benzene rings is 1. The summed E-state index contributed by atoms with van der Waals surface area (Å²) in [5.74, 6) is 1.43. The highest BCUT2D eigenvalue weighted by Gasteiger charge is 2.26. The molecule has 3 aromatic rings. The molecule has 0 amide bonds. The van der Waals surface area contributed by atoms with E-state index in [1.165, 1.54) is 0 Å². The van der Waals surface area contributed by atoms with E-state index in [9.17, 15) is 0 Å². The lowest BCUT2D eigenvalue weighted by atomic mass is 10.1. The Labute approximate surface area is 240 Å². The van der Waals surface area contributed by atoms with Crippen LogP contribution in [0.5, 0.6) is 5.88 Å². The Kier molecular flexibility index (Phi) is 8.79. The fourth-order valence-corrected chi connectivity index (χ4v) is 5.63. The molecular weight excluding hydrogens is 532 g/mol. The van der Waals surface area contributed by atoms with Crippen molar-refractivity contribution in [2.24, 2.45) is 0 Å². The molecular formula is C29H37ClN6O4. The van der Waals surface area contributed by atoms with Crippen LogP contribution in [-0.2, 0) is 20.8 Å². The van der Waals surface area contributed by atoms with Gasteiger partial charge in [0.25, 0.3) is 0 Å². The quantitative estimate of drug-likeness (QED) is 0.394. The van der Waals surface area contributed by atoms with E-state index in [-0.39, 0.29) is 12.4 Å². The topological polar surface area (TPSA) is 87.0 Å². The van der Waals surface area contributed by atoms with Crippen LogP contribution in [0, 0.1) is 0 Å². The van der Waals surface area contributed by atoms with Gasteiger partial charge >= 0.3 is 0 Å². The van der Waals surface area contributed by atoms with Gasteiger partial charge < -0.3 is 28.7 Å². The van der Waals surface area contributed by atoms with Crippen molar-refractivity contribution in [3.05, 3.63) is 47.2 Å². The van der Waals surface area contributed by atoms with Gasteiger partial charge in [0.05, 0.1) is 25.5 Å². The zero-order valence-corrected chi connectivity index (χ0v) is 23.8. The Morgan fingerprint density at radius 3 is 2.62 bits per heavy atom. The van der Waals surface area contributed by atoms with Crippen molar-refractivity contribution in [2.45, 2.75) is 51.1 Å². The van der Waals surface area contributed by atoms with Gasteiger partial charge in [-0.05, 0) is 51.3 Å². The number of likely N-dealkylation sites (tertiary alicyclic amines) is 1. The third-order valence-electron chi connectivity index (χ3n) is 7.58. The highest BCUT2D eigenvalue weighted by molar-refractivity contribution is 6.33. The number of anilines is 1. The Balaban J connectivity index is 1.37. The Morgan fingerprint density at radius 2 is 1.85 bits per heavy atom. The average Bonchev–Trinajstić information content (AvgIpc) is 3.43. The largest absolute Gasteiger partial charge is 0.472 e. The van der Waals surface area contributed by atoms with Crippen LogP contribution in [0.3, 0.4) is 0 Å². The number of morpholine rings is 1. The number of aromatic nitrogens is 4. The molecule has 3 aliphatic rings. The van der Waals surface area contributed by atoms with Crippen LogP contribution in [0.25, 0.3) is 16.9 Å². The van der Waals surface area contributed by atoms with Crippen molar-refractivity contribution in [3.63, 3.8) is 0 Å². The normalized spacial score (nSPS) is 22.4. The van der Waals surface area contributed by atoms with Crippen LogP contribution in [-0.4, -0.2) is 90.1 Å². The highest BCUT2D eigenvalue weighted by atomic mass is 35.5. The van der Waals surface area contributed by atoms with Crippen molar-refractivity contribution in [2.75, 3.05) is 57.9 Å². The molecule has 0 N–H and O–H groups in total. The van der Waals surface area contributed by atoms with E-state index >= 15 is 0 Å². The molecule has 0 spiro atoms. The summed E-state index contributed by atoms with van der Waals surface area (Å²) in [4.78, 5) is 14.1. The van der Waals surface area contributed by atoms with E-state index in [2.05, 4.69) is 29.0 Å². The van der Waals surface area contributed by atoms with E-state index < -0.39 is 0 Å². The van der Waals surface area contributed by atoms with Crippen LogP contribution >= 0.6 is 11.6 Å². The molecule has 6 rings (SSSR count). The molecule has 11 heteroatoms. The zero-order chi connectivity index (χ0) is 27.3. The van der Waals surface area contributed by atoms with E-state index in [1.54, 1.807) is 4.68 Å². The minimum Gasteiger partial charge on any atom is -0.472 e. The van der Waals surface area contributed by atoms with Gasteiger partial charge in [-0.25, -0.2) is 4.68 Å². The van der Waals surface area contributed by atoms with E-state index in [4.69, 9.17) is 45.6 Å². The van der Waals surface area contributed by atoms with Crippen molar-refractivity contribution in [1.29, 1.82) is 0 Å². The molecule has 40 heavy (non-hydrogen) atoms. The van der Waals surface area contributed by atoms with Gasteiger partial charge in [0, 0.05) is 38.0 Å². The summed E-state index contributed by atoms with van der Waals surface area (Å²) in [6.45, 7) is 5.57. The maximum absolute atomic E-state index is 7.00. The number of likely N-dealkylation sites (N-methyl/N-ethyl adjacent to an activating group) is 1. The van der Waals surface area contributed by atoms with Crippen LogP contribution in [0.1, 0.15) is 37.8 Å². The lowest BCUT2D eigenvalue weighted by molar-refractivity contribution is -0.169. The lowest BCUT2D eigenvalue weighted by Gasteiger charge is -2.31. The first-order valence-corrected chi connectivity index (χ1v) is 14.6.